The van der Waals surface area contributed by atoms with E-state index in [0.29, 0.717) is 22.9 Å². The quantitative estimate of drug-likeness (QED) is 0.459. The Bertz CT molecular complexity index is 1200. The molecule has 3 rings (SSSR count). The number of aliphatic imine (C=N–C) groups is 1. The topological polar surface area (TPSA) is 67.6 Å². The highest BCUT2D eigenvalue weighted by Crippen LogP contribution is 2.44. The number of ether oxygens (including phenoxy) is 1. The second-order valence-corrected chi connectivity index (χ2v) is 7.68. The number of hydrogen-bond acceptors (Lipinski definition) is 5. The zero-order chi connectivity index (χ0) is 23.7. The van der Waals surface area contributed by atoms with E-state index >= 15 is 0 Å². The van der Waals surface area contributed by atoms with Gasteiger partial charge in [-0.05, 0) is 30.7 Å². The first-order valence-corrected chi connectivity index (χ1v) is 9.95. The first-order valence-electron chi connectivity index (χ1n) is 9.58. The predicted molar refractivity (Wildman–Crippen MR) is 120 cm³/mol. The molecular formula is C23H21ClF3N3O2. The zero-order valence-corrected chi connectivity index (χ0v) is 18.4. The third-order valence-electron chi connectivity index (χ3n) is 5.28. The van der Waals surface area contributed by atoms with Crippen LogP contribution < -0.4 is 4.74 Å². The molecule has 0 aliphatic rings. The highest BCUT2D eigenvalue weighted by molar-refractivity contribution is 6.32. The van der Waals surface area contributed by atoms with Gasteiger partial charge in [-0.3, -0.25) is 4.99 Å². The summed E-state index contributed by atoms with van der Waals surface area (Å²) >= 11 is 6.10. The van der Waals surface area contributed by atoms with Crippen LogP contribution in [0.2, 0.25) is 5.02 Å². The number of aryl methyl sites for hydroxylation is 1. The van der Waals surface area contributed by atoms with E-state index in [0.717, 1.165) is 0 Å². The molecule has 2 atom stereocenters. The number of aromatic nitrogens is 2. The minimum atomic E-state index is -5.04. The molecule has 9 heteroatoms. The van der Waals surface area contributed by atoms with E-state index in [-0.39, 0.29) is 27.6 Å². The maximum Gasteiger partial charge on any atom is 0.422 e. The van der Waals surface area contributed by atoms with Crippen LogP contribution in [-0.4, -0.2) is 40.2 Å². The van der Waals surface area contributed by atoms with E-state index in [1.807, 2.05) is 0 Å². The number of alkyl halides is 3. The minimum absolute atomic E-state index is 0.00694. The second-order valence-electron chi connectivity index (χ2n) is 7.28. The molecule has 0 aliphatic carbocycles. The van der Waals surface area contributed by atoms with Crippen molar-refractivity contribution >= 4 is 40.0 Å². The molecule has 3 aromatic rings. The van der Waals surface area contributed by atoms with Crippen molar-refractivity contribution in [3.8, 4) is 5.75 Å². The summed E-state index contributed by atoms with van der Waals surface area (Å²) in [4.78, 5) is 12.3. The molecule has 0 saturated heterocycles. The molecule has 1 N–H and O–H groups in total. The molecule has 32 heavy (non-hydrogen) atoms. The standard InChI is InChI=1S/C23H21ClF3N3O2/c1-13(16-7-5-8-18(24)21(16)32-4)14(2)22(31,23(25,26)27)12-29-19-9-6-10-20-17(19)11-28-15(3)30-20/h5-12,14,31H,1H2,2-4H3. The van der Waals surface area contributed by atoms with Gasteiger partial charge in [0.2, 0.25) is 5.60 Å². The summed E-state index contributed by atoms with van der Waals surface area (Å²) in [6.07, 6.45) is -3.06. The van der Waals surface area contributed by atoms with E-state index in [2.05, 4.69) is 21.5 Å². The number of benzene rings is 2. The molecule has 2 aromatic carbocycles. The highest BCUT2D eigenvalue weighted by Gasteiger charge is 2.57. The lowest BCUT2D eigenvalue weighted by atomic mass is 9.80. The fourth-order valence-electron chi connectivity index (χ4n) is 3.31. The predicted octanol–water partition coefficient (Wildman–Crippen LogP) is 5.95. The van der Waals surface area contributed by atoms with Crippen LogP contribution in [0.4, 0.5) is 18.9 Å². The fraction of sp³-hybridized carbons (Fsp3) is 0.261. The molecule has 1 heterocycles. The number of para-hydroxylation sites is 1. The van der Waals surface area contributed by atoms with E-state index in [1.54, 1.807) is 31.2 Å². The summed E-state index contributed by atoms with van der Waals surface area (Å²) in [7, 11) is 1.35. The Labute approximate surface area is 188 Å². The van der Waals surface area contributed by atoms with Gasteiger partial charge in [-0.1, -0.05) is 43.3 Å². The van der Waals surface area contributed by atoms with Gasteiger partial charge in [0.25, 0.3) is 0 Å². The highest BCUT2D eigenvalue weighted by atomic mass is 35.5. The van der Waals surface area contributed by atoms with Gasteiger partial charge in [0.05, 0.1) is 23.3 Å². The zero-order valence-electron chi connectivity index (χ0n) is 17.6. The summed E-state index contributed by atoms with van der Waals surface area (Å²) in [5, 5.41) is 11.5. The Morgan fingerprint density at radius 2 is 1.94 bits per heavy atom. The van der Waals surface area contributed by atoms with Crippen molar-refractivity contribution < 1.29 is 23.0 Å². The normalized spacial score (nSPS) is 15.0. The van der Waals surface area contributed by atoms with Crippen LogP contribution in [0, 0.1) is 12.8 Å². The molecular weight excluding hydrogens is 443 g/mol. The number of methoxy groups -OCH3 is 1. The summed E-state index contributed by atoms with van der Waals surface area (Å²) < 4.78 is 47.5. The summed E-state index contributed by atoms with van der Waals surface area (Å²) in [5.74, 6) is -0.813. The lowest BCUT2D eigenvalue weighted by Gasteiger charge is -2.34. The molecule has 2 unspecified atom stereocenters. The Hall–Kier alpha value is -2.97. The lowest BCUT2D eigenvalue weighted by Crippen LogP contribution is -2.52. The van der Waals surface area contributed by atoms with Gasteiger partial charge in [0.1, 0.15) is 11.6 Å². The van der Waals surface area contributed by atoms with Gasteiger partial charge in [0, 0.05) is 29.3 Å². The second kappa shape index (κ2) is 8.88. The van der Waals surface area contributed by atoms with Crippen LogP contribution in [-0.2, 0) is 0 Å². The lowest BCUT2D eigenvalue weighted by molar-refractivity contribution is -0.238. The van der Waals surface area contributed by atoms with Gasteiger partial charge < -0.3 is 9.84 Å². The first-order chi connectivity index (χ1) is 15.0. The van der Waals surface area contributed by atoms with Gasteiger partial charge in [-0.25, -0.2) is 9.97 Å². The van der Waals surface area contributed by atoms with Crippen LogP contribution in [0.25, 0.3) is 16.5 Å². The van der Waals surface area contributed by atoms with Crippen molar-refractivity contribution in [3.05, 3.63) is 65.6 Å². The molecule has 0 radical (unpaired) electrons. The average Bonchev–Trinajstić information content (AvgIpc) is 2.75. The summed E-state index contributed by atoms with van der Waals surface area (Å²) in [6.45, 7) is 6.71. The summed E-state index contributed by atoms with van der Waals surface area (Å²) in [5.41, 5.74) is -2.33. The number of aliphatic hydroxyl groups is 1. The Morgan fingerprint density at radius 3 is 2.59 bits per heavy atom. The van der Waals surface area contributed by atoms with E-state index in [4.69, 9.17) is 16.3 Å². The Balaban J connectivity index is 2.06. The van der Waals surface area contributed by atoms with Crippen molar-refractivity contribution in [3.63, 3.8) is 0 Å². The third-order valence-corrected chi connectivity index (χ3v) is 5.57. The van der Waals surface area contributed by atoms with E-state index in [9.17, 15) is 18.3 Å². The van der Waals surface area contributed by atoms with Crippen LogP contribution in [0.3, 0.4) is 0 Å². The Kier molecular flexibility index (Phi) is 6.57. The smallest absolute Gasteiger partial charge is 0.422 e. The fourth-order valence-corrected chi connectivity index (χ4v) is 3.56. The average molecular weight is 464 g/mol. The van der Waals surface area contributed by atoms with E-state index in [1.165, 1.54) is 32.4 Å². The van der Waals surface area contributed by atoms with Crippen molar-refractivity contribution in [2.45, 2.75) is 25.6 Å². The van der Waals surface area contributed by atoms with Crippen LogP contribution in [0.15, 0.2) is 54.2 Å². The first kappa shape index (κ1) is 23.7. The largest absolute Gasteiger partial charge is 0.495 e. The van der Waals surface area contributed by atoms with Crippen LogP contribution in [0.5, 0.6) is 5.75 Å². The number of hydrogen-bond donors (Lipinski definition) is 1. The van der Waals surface area contributed by atoms with Gasteiger partial charge in [-0.2, -0.15) is 13.2 Å². The van der Waals surface area contributed by atoms with E-state index < -0.39 is 17.7 Å². The van der Waals surface area contributed by atoms with Crippen molar-refractivity contribution in [1.82, 2.24) is 9.97 Å². The maximum absolute atomic E-state index is 14.1. The van der Waals surface area contributed by atoms with Crippen LogP contribution >= 0.6 is 11.6 Å². The van der Waals surface area contributed by atoms with Crippen molar-refractivity contribution in [1.29, 1.82) is 0 Å². The van der Waals surface area contributed by atoms with Gasteiger partial charge >= 0.3 is 6.18 Å². The SMILES string of the molecule is C=C(c1cccc(Cl)c1OC)C(C)C(O)(C=Nc1cccc2nc(C)ncc12)C(F)(F)F. The molecule has 0 amide bonds. The van der Waals surface area contributed by atoms with Crippen molar-refractivity contribution in [2.24, 2.45) is 10.9 Å². The number of rotatable bonds is 6. The molecule has 5 nitrogen and oxygen atoms in total. The molecule has 0 bridgehead atoms. The molecule has 0 fully saturated rings. The third kappa shape index (κ3) is 4.33. The van der Waals surface area contributed by atoms with Gasteiger partial charge in [0.15, 0.2) is 0 Å². The molecule has 0 saturated carbocycles. The number of fused-ring (bicyclic) bond motifs is 1. The van der Waals surface area contributed by atoms with Gasteiger partial charge in [-0.15, -0.1) is 0 Å². The van der Waals surface area contributed by atoms with Crippen molar-refractivity contribution in [2.75, 3.05) is 7.11 Å². The monoisotopic (exact) mass is 463 g/mol. The Morgan fingerprint density at radius 1 is 1.25 bits per heavy atom. The van der Waals surface area contributed by atoms with Crippen LogP contribution in [0.1, 0.15) is 18.3 Å². The molecule has 0 spiro atoms. The summed E-state index contributed by atoms with van der Waals surface area (Å²) in [6, 6.07) is 9.48. The molecule has 1 aromatic heterocycles. The molecule has 168 valence electrons. The number of halogens is 4. The number of nitrogens with zero attached hydrogens (tertiary/aromatic N) is 3. The molecule has 0 aliphatic heterocycles. The maximum atomic E-state index is 14.1. The minimum Gasteiger partial charge on any atom is -0.495 e.